The predicted octanol–water partition coefficient (Wildman–Crippen LogP) is 2.53. The van der Waals surface area contributed by atoms with E-state index in [-0.39, 0.29) is 12.8 Å². The van der Waals surface area contributed by atoms with Gasteiger partial charge in [0.15, 0.2) is 0 Å². The molecule has 7 nitrogen and oxygen atoms in total. The zero-order chi connectivity index (χ0) is 17.8. The Kier molecular flexibility index (Phi) is 5.04. The fourth-order valence-corrected chi connectivity index (χ4v) is 3.15. The first-order valence-electron chi connectivity index (χ1n) is 8.10. The van der Waals surface area contributed by atoms with E-state index in [1.807, 2.05) is 35.2 Å². The van der Waals surface area contributed by atoms with E-state index in [9.17, 15) is 14.7 Å². The van der Waals surface area contributed by atoms with Gasteiger partial charge < -0.3 is 19.9 Å². The molecule has 0 aliphatic carbocycles. The summed E-state index contributed by atoms with van der Waals surface area (Å²) in [6.45, 7) is 1.53. The summed E-state index contributed by atoms with van der Waals surface area (Å²) in [6, 6.07) is 8.77. The monoisotopic (exact) mass is 344 g/mol. The van der Waals surface area contributed by atoms with Crippen LogP contribution in [0, 0.1) is 0 Å². The molecule has 0 bridgehead atoms. The number of carboxylic acids is 2. The third-order valence-electron chi connectivity index (χ3n) is 4.40. The molecule has 0 spiro atoms. The largest absolute Gasteiger partial charge is 0.481 e. The van der Waals surface area contributed by atoms with Crippen LogP contribution >= 0.6 is 0 Å². The smallest absolute Gasteiger partial charge is 0.320 e. The maximum atomic E-state index is 11.6. The van der Waals surface area contributed by atoms with Crippen molar-refractivity contribution in [3.05, 3.63) is 53.5 Å². The maximum Gasteiger partial charge on any atom is 0.320 e. The van der Waals surface area contributed by atoms with Gasteiger partial charge in [-0.15, -0.1) is 0 Å². The number of aliphatic carboxylic acids is 2. The number of hydrogen-bond acceptors (Lipinski definition) is 5. The van der Waals surface area contributed by atoms with Crippen LogP contribution in [0.25, 0.3) is 0 Å². The summed E-state index contributed by atoms with van der Waals surface area (Å²) < 4.78 is 5.31. The van der Waals surface area contributed by atoms with Gasteiger partial charge in [-0.25, -0.2) is 0 Å². The van der Waals surface area contributed by atoms with E-state index in [1.165, 1.54) is 0 Å². The molecule has 7 heteroatoms. The van der Waals surface area contributed by atoms with Gasteiger partial charge in [-0.2, -0.15) is 0 Å². The maximum absolute atomic E-state index is 11.6. The Labute approximate surface area is 144 Å². The second-order valence-electron chi connectivity index (χ2n) is 6.07. The number of rotatable bonds is 8. The Hall–Kier alpha value is -2.80. The molecule has 25 heavy (non-hydrogen) atoms. The number of anilines is 1. The molecule has 1 aromatic carbocycles. The molecule has 132 valence electrons. The molecule has 0 fully saturated rings. The van der Waals surface area contributed by atoms with E-state index in [0.717, 1.165) is 22.6 Å². The van der Waals surface area contributed by atoms with Gasteiger partial charge in [0.1, 0.15) is 11.8 Å². The van der Waals surface area contributed by atoms with Crippen LogP contribution in [0.15, 0.2) is 41.0 Å². The van der Waals surface area contributed by atoms with E-state index >= 15 is 0 Å². The number of hydrogen-bond donors (Lipinski definition) is 3. The molecule has 1 aromatic heterocycles. The van der Waals surface area contributed by atoms with Gasteiger partial charge in [0.2, 0.25) is 0 Å². The van der Waals surface area contributed by atoms with E-state index in [4.69, 9.17) is 9.52 Å². The zero-order valence-corrected chi connectivity index (χ0v) is 13.6. The number of carbonyl (C=O) groups is 2. The highest BCUT2D eigenvalue weighted by molar-refractivity contribution is 5.75. The van der Waals surface area contributed by atoms with Crippen LogP contribution in [0.2, 0.25) is 0 Å². The molecule has 1 unspecified atom stereocenters. The fourth-order valence-electron chi connectivity index (χ4n) is 3.15. The van der Waals surface area contributed by atoms with Crippen molar-refractivity contribution in [2.45, 2.75) is 38.5 Å². The van der Waals surface area contributed by atoms with Gasteiger partial charge in [-0.1, -0.05) is 12.1 Å². The van der Waals surface area contributed by atoms with Gasteiger partial charge in [0.25, 0.3) is 0 Å². The van der Waals surface area contributed by atoms with Crippen molar-refractivity contribution in [3.8, 4) is 0 Å². The van der Waals surface area contributed by atoms with E-state index < -0.39 is 18.0 Å². The van der Waals surface area contributed by atoms with E-state index in [0.29, 0.717) is 19.6 Å². The Morgan fingerprint density at radius 2 is 2.04 bits per heavy atom. The molecule has 0 saturated carbocycles. The molecule has 1 aliphatic rings. The minimum absolute atomic E-state index is 0.0911. The van der Waals surface area contributed by atoms with Gasteiger partial charge >= 0.3 is 11.9 Å². The summed E-state index contributed by atoms with van der Waals surface area (Å²) in [6.07, 6.45) is 1.55. The Morgan fingerprint density at radius 1 is 1.20 bits per heavy atom. The van der Waals surface area contributed by atoms with E-state index in [1.54, 1.807) is 6.26 Å². The highest BCUT2D eigenvalue weighted by atomic mass is 16.4. The second-order valence-corrected chi connectivity index (χ2v) is 6.07. The lowest BCUT2D eigenvalue weighted by atomic mass is 10.1. The number of nitrogens with zero attached hydrogens (tertiary/aromatic N) is 1. The molecule has 3 N–H and O–H groups in total. The minimum Gasteiger partial charge on any atom is -0.481 e. The van der Waals surface area contributed by atoms with Crippen molar-refractivity contribution in [1.82, 2.24) is 4.90 Å². The summed E-state index contributed by atoms with van der Waals surface area (Å²) in [4.78, 5) is 24.1. The molecule has 0 saturated heterocycles. The summed E-state index contributed by atoms with van der Waals surface area (Å²) in [5.41, 5.74) is 3.06. The Bertz CT molecular complexity index is 757. The molecule has 0 radical (unpaired) electrons. The van der Waals surface area contributed by atoms with Crippen LogP contribution in [0.5, 0.6) is 0 Å². The summed E-state index contributed by atoms with van der Waals surface area (Å²) in [7, 11) is 0. The number of carboxylic acid groups (broad SMARTS) is 2. The SMILES string of the molecule is O=C(O)CCC(C(=O)O)N1Cc2cccc(NCc3ccco3)c2C1. The molecule has 3 rings (SSSR count). The molecular weight excluding hydrogens is 324 g/mol. The lowest BCUT2D eigenvalue weighted by Gasteiger charge is -2.23. The standard InChI is InChI=1S/C18H20N2O5/c21-17(22)7-6-16(18(23)24)20-10-12-3-1-5-15(14(12)11-20)19-9-13-4-2-8-25-13/h1-5,8,16,19H,6-7,9-11H2,(H,21,22)(H,23,24). The molecule has 2 heterocycles. The van der Waals surface area contributed by atoms with Crippen molar-refractivity contribution in [2.24, 2.45) is 0 Å². The van der Waals surface area contributed by atoms with Gasteiger partial charge in [-0.3, -0.25) is 14.5 Å². The summed E-state index contributed by atoms with van der Waals surface area (Å²) in [5, 5.41) is 21.6. The predicted molar refractivity (Wildman–Crippen MR) is 90.0 cm³/mol. The first-order valence-corrected chi connectivity index (χ1v) is 8.10. The molecule has 2 aromatic rings. The first kappa shape index (κ1) is 17.0. The van der Waals surface area contributed by atoms with Crippen LogP contribution in [0.1, 0.15) is 29.7 Å². The third-order valence-corrected chi connectivity index (χ3v) is 4.40. The average molecular weight is 344 g/mol. The average Bonchev–Trinajstić information content (AvgIpc) is 3.21. The Balaban J connectivity index is 1.71. The fraction of sp³-hybridized carbons (Fsp3) is 0.333. The van der Waals surface area contributed by atoms with E-state index in [2.05, 4.69) is 5.32 Å². The van der Waals surface area contributed by atoms with Crippen LogP contribution in [-0.2, 0) is 29.2 Å². The van der Waals surface area contributed by atoms with Crippen molar-refractivity contribution >= 4 is 17.6 Å². The highest BCUT2D eigenvalue weighted by Crippen LogP contribution is 2.31. The molecular formula is C18H20N2O5. The van der Waals surface area contributed by atoms with Crippen molar-refractivity contribution in [2.75, 3.05) is 5.32 Å². The van der Waals surface area contributed by atoms with Crippen molar-refractivity contribution in [1.29, 1.82) is 0 Å². The van der Waals surface area contributed by atoms with Gasteiger partial charge in [0.05, 0.1) is 12.8 Å². The van der Waals surface area contributed by atoms with Crippen molar-refractivity contribution in [3.63, 3.8) is 0 Å². The van der Waals surface area contributed by atoms with Crippen molar-refractivity contribution < 1.29 is 24.2 Å². The number of fused-ring (bicyclic) bond motifs is 1. The van der Waals surface area contributed by atoms with Crippen LogP contribution in [0.3, 0.4) is 0 Å². The lowest BCUT2D eigenvalue weighted by Crippen LogP contribution is -2.38. The quantitative estimate of drug-likeness (QED) is 0.676. The van der Waals surface area contributed by atoms with Gasteiger partial charge in [-0.05, 0) is 35.7 Å². The highest BCUT2D eigenvalue weighted by Gasteiger charge is 2.32. The van der Waals surface area contributed by atoms with Crippen LogP contribution < -0.4 is 5.32 Å². The Morgan fingerprint density at radius 3 is 2.72 bits per heavy atom. The molecule has 1 atom stereocenters. The van der Waals surface area contributed by atoms with Crippen LogP contribution in [0.4, 0.5) is 5.69 Å². The topological polar surface area (TPSA) is 103 Å². The minimum atomic E-state index is -0.987. The summed E-state index contributed by atoms with van der Waals surface area (Å²) >= 11 is 0. The number of furan rings is 1. The molecule has 0 amide bonds. The van der Waals surface area contributed by atoms with Gasteiger partial charge in [0, 0.05) is 25.2 Å². The first-order chi connectivity index (χ1) is 12.0. The molecule has 1 aliphatic heterocycles. The van der Waals surface area contributed by atoms with Crippen LogP contribution in [-0.4, -0.2) is 33.1 Å². The zero-order valence-electron chi connectivity index (χ0n) is 13.6. The lowest BCUT2D eigenvalue weighted by molar-refractivity contribution is -0.144. The number of nitrogens with one attached hydrogen (secondary N) is 1. The third kappa shape index (κ3) is 4.00. The normalized spacial score (nSPS) is 14.9. The summed E-state index contributed by atoms with van der Waals surface area (Å²) in [5.74, 6) is -1.15. The number of benzene rings is 1. The second kappa shape index (κ2) is 7.40.